The Morgan fingerprint density at radius 3 is 2.09 bits per heavy atom. The molecule has 0 N–H and O–H groups in total. The molecular weight excluding hydrogens is 326 g/mol. The summed E-state index contributed by atoms with van der Waals surface area (Å²) in [6.45, 7) is 2.10. The normalized spacial score (nSPS) is 27.9. The van der Waals surface area contributed by atoms with Crippen LogP contribution in [-0.4, -0.2) is 75.9 Å². The second kappa shape index (κ2) is 6.29. The number of hydrogen-bond donors (Lipinski definition) is 0. The van der Waals surface area contributed by atoms with Crippen molar-refractivity contribution in [3.05, 3.63) is 0 Å². The van der Waals surface area contributed by atoms with Gasteiger partial charge in [0.15, 0.2) is 10.5 Å². The molecule has 0 aromatic carbocycles. The van der Waals surface area contributed by atoms with Crippen LogP contribution >= 0.6 is 0 Å². The van der Waals surface area contributed by atoms with E-state index in [1.807, 2.05) is 0 Å². The lowest BCUT2D eigenvalue weighted by molar-refractivity contribution is -0.179. The summed E-state index contributed by atoms with van der Waals surface area (Å²) in [4.78, 5) is 12.3. The van der Waals surface area contributed by atoms with E-state index >= 15 is 0 Å². The van der Waals surface area contributed by atoms with Gasteiger partial charge in [0, 0.05) is 52.0 Å². The lowest BCUT2D eigenvalue weighted by atomic mass is 9.99. The zero-order valence-electron chi connectivity index (χ0n) is 13.3. The molecule has 3 rings (SSSR count). The Morgan fingerprint density at radius 1 is 1.00 bits per heavy atom. The van der Waals surface area contributed by atoms with Gasteiger partial charge < -0.3 is 18.9 Å². The summed E-state index contributed by atoms with van der Waals surface area (Å²) in [7, 11) is -2.61. The molecule has 3 fully saturated rings. The molecule has 0 aromatic rings. The lowest BCUT2D eigenvalue weighted by Crippen LogP contribution is -2.59. The van der Waals surface area contributed by atoms with Crippen molar-refractivity contribution in [3.8, 4) is 0 Å². The van der Waals surface area contributed by atoms with Gasteiger partial charge in [0.05, 0.1) is 20.3 Å². The molecule has 3 aliphatic rings. The van der Waals surface area contributed by atoms with E-state index in [1.54, 1.807) is 0 Å². The van der Waals surface area contributed by atoms with Crippen molar-refractivity contribution >= 4 is 16.0 Å². The topological polar surface area (TPSA) is 91.4 Å². The molecule has 23 heavy (non-hydrogen) atoms. The van der Waals surface area contributed by atoms with Crippen LogP contribution in [0.1, 0.15) is 25.7 Å². The molecule has 8 nitrogen and oxygen atoms in total. The molecule has 0 unspecified atom stereocenters. The van der Waals surface area contributed by atoms with E-state index in [1.165, 1.54) is 11.4 Å². The third kappa shape index (κ3) is 2.78. The fraction of sp³-hybridized carbons (Fsp3) is 0.929. The summed E-state index contributed by atoms with van der Waals surface area (Å²) >= 11 is 0. The maximum Gasteiger partial charge on any atom is 0.328 e. The molecule has 3 heterocycles. The number of rotatable bonds is 3. The zero-order valence-corrected chi connectivity index (χ0v) is 14.1. The van der Waals surface area contributed by atoms with Crippen LogP contribution in [0.3, 0.4) is 0 Å². The van der Waals surface area contributed by atoms with Gasteiger partial charge in [0.2, 0.25) is 10.0 Å². The van der Waals surface area contributed by atoms with Gasteiger partial charge >= 0.3 is 5.97 Å². The quantitative estimate of drug-likeness (QED) is 0.656. The van der Waals surface area contributed by atoms with E-state index in [2.05, 4.69) is 0 Å². The number of hydrogen-bond acceptors (Lipinski definition) is 7. The Hall–Kier alpha value is -0.740. The van der Waals surface area contributed by atoms with Gasteiger partial charge in [0.1, 0.15) is 0 Å². The predicted octanol–water partition coefficient (Wildman–Crippen LogP) is -0.123. The lowest BCUT2D eigenvalue weighted by Gasteiger charge is -2.42. The molecule has 0 amide bonds. The van der Waals surface area contributed by atoms with E-state index in [9.17, 15) is 13.2 Å². The first-order valence-corrected chi connectivity index (χ1v) is 9.34. The van der Waals surface area contributed by atoms with Crippen LogP contribution in [0.15, 0.2) is 0 Å². The number of ether oxygens (including phenoxy) is 4. The van der Waals surface area contributed by atoms with Crippen molar-refractivity contribution in [2.75, 3.05) is 46.6 Å². The molecule has 9 heteroatoms. The third-order valence-corrected chi connectivity index (χ3v) is 7.60. The van der Waals surface area contributed by atoms with Crippen LogP contribution < -0.4 is 0 Å². The number of sulfonamides is 1. The molecule has 0 atom stereocenters. The van der Waals surface area contributed by atoms with Gasteiger partial charge in [-0.3, -0.25) is 4.79 Å². The summed E-state index contributed by atoms with van der Waals surface area (Å²) in [5.41, 5.74) is 0. The van der Waals surface area contributed by atoms with E-state index in [4.69, 9.17) is 18.9 Å². The minimum atomic E-state index is -3.84. The molecule has 0 radical (unpaired) electrons. The van der Waals surface area contributed by atoms with Crippen LogP contribution in [0.4, 0.5) is 0 Å². The van der Waals surface area contributed by atoms with E-state index < -0.39 is 26.5 Å². The monoisotopic (exact) mass is 349 g/mol. The van der Waals surface area contributed by atoms with Gasteiger partial charge in [-0.15, -0.1) is 0 Å². The second-order valence-corrected chi connectivity index (χ2v) is 8.36. The van der Waals surface area contributed by atoms with Gasteiger partial charge in [-0.05, 0) is 0 Å². The van der Waals surface area contributed by atoms with Crippen LogP contribution in [0.5, 0.6) is 0 Å². The van der Waals surface area contributed by atoms with Crippen molar-refractivity contribution < 1.29 is 32.2 Å². The van der Waals surface area contributed by atoms with E-state index in [0.717, 1.165) is 0 Å². The fourth-order valence-electron chi connectivity index (χ4n) is 3.55. The number of piperidine rings is 1. The van der Waals surface area contributed by atoms with Crippen molar-refractivity contribution in [2.24, 2.45) is 0 Å². The summed E-state index contributed by atoms with van der Waals surface area (Å²) in [6, 6.07) is 0. The Balaban J connectivity index is 1.80. The highest BCUT2D eigenvalue weighted by Crippen LogP contribution is 2.38. The SMILES string of the molecule is COC(=O)C1(S(=O)(=O)N2CCC3(CC2)OCCO3)CCOCC1. The van der Waals surface area contributed by atoms with Crippen molar-refractivity contribution in [3.63, 3.8) is 0 Å². The van der Waals surface area contributed by atoms with E-state index in [0.29, 0.717) is 26.1 Å². The minimum absolute atomic E-state index is 0.122. The summed E-state index contributed by atoms with van der Waals surface area (Å²) in [5.74, 6) is -1.35. The molecule has 3 aliphatic heterocycles. The average Bonchev–Trinajstić information content (AvgIpc) is 3.03. The number of nitrogens with zero attached hydrogens (tertiary/aromatic N) is 1. The second-order valence-electron chi connectivity index (χ2n) is 6.11. The molecule has 1 spiro atoms. The number of carbonyl (C=O) groups is 1. The summed E-state index contributed by atoms with van der Waals surface area (Å²) < 4.78 is 47.5. The van der Waals surface area contributed by atoms with Crippen LogP contribution in [0.2, 0.25) is 0 Å². The average molecular weight is 349 g/mol. The number of methoxy groups -OCH3 is 1. The van der Waals surface area contributed by atoms with Crippen molar-refractivity contribution in [1.82, 2.24) is 4.31 Å². The smallest absolute Gasteiger partial charge is 0.328 e. The van der Waals surface area contributed by atoms with Crippen LogP contribution in [0.25, 0.3) is 0 Å². The molecular formula is C14H23NO7S. The number of esters is 1. The highest BCUT2D eigenvalue weighted by Gasteiger charge is 2.56. The fourth-order valence-corrected chi connectivity index (χ4v) is 5.69. The molecule has 132 valence electrons. The first-order chi connectivity index (χ1) is 11.0. The standard InChI is InChI=1S/C14H23NO7S/c1-19-12(16)13(4-8-20-9-5-13)23(17,18)15-6-2-14(3-7-15)21-10-11-22-14/h2-11H2,1H3. The highest BCUT2D eigenvalue weighted by molar-refractivity contribution is 7.91. The Morgan fingerprint density at radius 2 is 1.57 bits per heavy atom. The minimum Gasteiger partial charge on any atom is -0.468 e. The van der Waals surface area contributed by atoms with Gasteiger partial charge in [0.25, 0.3) is 0 Å². The maximum absolute atomic E-state index is 13.2. The van der Waals surface area contributed by atoms with Gasteiger partial charge in [-0.1, -0.05) is 0 Å². The van der Waals surface area contributed by atoms with Crippen LogP contribution in [0, 0.1) is 0 Å². The molecule has 0 saturated carbocycles. The van der Waals surface area contributed by atoms with Crippen molar-refractivity contribution in [1.29, 1.82) is 0 Å². The predicted molar refractivity (Wildman–Crippen MR) is 79.2 cm³/mol. The Bertz CT molecular complexity index is 539. The molecule has 0 bridgehead atoms. The van der Waals surface area contributed by atoms with Gasteiger partial charge in [-0.25, -0.2) is 12.7 Å². The van der Waals surface area contributed by atoms with E-state index in [-0.39, 0.29) is 39.1 Å². The Labute approximate surface area is 136 Å². The summed E-state index contributed by atoms with van der Waals surface area (Å²) in [6.07, 6.45) is 1.19. The maximum atomic E-state index is 13.2. The Kier molecular flexibility index (Phi) is 4.67. The third-order valence-electron chi connectivity index (χ3n) is 4.99. The molecule has 0 aliphatic carbocycles. The van der Waals surface area contributed by atoms with Gasteiger partial charge in [-0.2, -0.15) is 0 Å². The molecule has 3 saturated heterocycles. The molecule has 0 aromatic heterocycles. The van der Waals surface area contributed by atoms with Crippen molar-refractivity contribution in [2.45, 2.75) is 36.2 Å². The largest absolute Gasteiger partial charge is 0.468 e. The highest BCUT2D eigenvalue weighted by atomic mass is 32.2. The number of carbonyl (C=O) groups excluding carboxylic acids is 1. The first kappa shape index (κ1) is 17.1. The first-order valence-electron chi connectivity index (χ1n) is 7.90. The summed E-state index contributed by atoms with van der Waals surface area (Å²) in [5, 5.41) is 0. The zero-order chi connectivity index (χ0) is 16.6. The van der Waals surface area contributed by atoms with Crippen LogP contribution in [-0.2, 0) is 33.8 Å².